The highest BCUT2D eigenvalue weighted by Gasteiger charge is 2.12. The fourth-order valence-electron chi connectivity index (χ4n) is 2.27. The van der Waals surface area contributed by atoms with Gasteiger partial charge < -0.3 is 10.6 Å². The van der Waals surface area contributed by atoms with Gasteiger partial charge in [0.05, 0.1) is 6.04 Å². The van der Waals surface area contributed by atoms with Crippen molar-refractivity contribution < 1.29 is 4.79 Å². The van der Waals surface area contributed by atoms with Crippen LogP contribution in [0.25, 0.3) is 10.8 Å². The van der Waals surface area contributed by atoms with E-state index in [0.29, 0.717) is 0 Å². The van der Waals surface area contributed by atoms with Gasteiger partial charge in [-0.3, -0.25) is 0 Å². The first-order valence-electron chi connectivity index (χ1n) is 7.16. The van der Waals surface area contributed by atoms with Crippen molar-refractivity contribution in [1.82, 2.24) is 10.6 Å². The Morgan fingerprint density at radius 1 is 1.05 bits per heavy atom. The smallest absolute Gasteiger partial charge is 0.315 e. The van der Waals surface area contributed by atoms with Crippen LogP contribution < -0.4 is 10.6 Å². The monoisotopic (exact) mass is 270 g/mol. The van der Waals surface area contributed by atoms with E-state index in [-0.39, 0.29) is 18.1 Å². The van der Waals surface area contributed by atoms with Crippen LogP contribution >= 0.6 is 0 Å². The maximum Gasteiger partial charge on any atom is 0.315 e. The molecule has 2 N–H and O–H groups in total. The van der Waals surface area contributed by atoms with Gasteiger partial charge in [0.15, 0.2) is 0 Å². The molecule has 0 radical (unpaired) electrons. The van der Waals surface area contributed by atoms with Gasteiger partial charge in [-0.2, -0.15) is 0 Å². The Kier molecular flexibility index (Phi) is 4.61. The Morgan fingerprint density at radius 2 is 1.75 bits per heavy atom. The van der Waals surface area contributed by atoms with Crippen molar-refractivity contribution >= 4 is 16.8 Å². The molecule has 0 spiro atoms. The number of carbonyl (C=O) groups is 1. The van der Waals surface area contributed by atoms with Crippen molar-refractivity contribution in [2.75, 3.05) is 0 Å². The summed E-state index contributed by atoms with van der Waals surface area (Å²) in [4.78, 5) is 11.9. The third-order valence-corrected chi connectivity index (χ3v) is 3.63. The van der Waals surface area contributed by atoms with Crippen molar-refractivity contribution in [2.45, 2.75) is 39.3 Å². The van der Waals surface area contributed by atoms with Crippen molar-refractivity contribution in [3.05, 3.63) is 48.0 Å². The molecule has 0 fully saturated rings. The summed E-state index contributed by atoms with van der Waals surface area (Å²) in [5.41, 5.74) is 1.14. The summed E-state index contributed by atoms with van der Waals surface area (Å²) < 4.78 is 0. The molecule has 0 aromatic heterocycles. The maximum absolute atomic E-state index is 11.9. The zero-order valence-electron chi connectivity index (χ0n) is 12.3. The number of benzene rings is 2. The van der Waals surface area contributed by atoms with E-state index in [0.717, 1.165) is 12.0 Å². The summed E-state index contributed by atoms with van der Waals surface area (Å²) in [5, 5.41) is 8.31. The SMILES string of the molecule is CC[C@@H](C)NC(=O)N[C@@H](C)c1cccc2ccccc12. The fraction of sp³-hybridized carbons (Fsp3) is 0.353. The number of rotatable bonds is 4. The molecule has 0 aliphatic heterocycles. The molecule has 2 rings (SSSR count). The topological polar surface area (TPSA) is 41.1 Å². The Labute approximate surface area is 120 Å². The predicted octanol–water partition coefficient (Wildman–Crippen LogP) is 4.00. The van der Waals surface area contributed by atoms with Gasteiger partial charge in [-0.1, -0.05) is 49.4 Å². The van der Waals surface area contributed by atoms with Crippen LogP contribution in [0.1, 0.15) is 38.8 Å². The van der Waals surface area contributed by atoms with E-state index in [9.17, 15) is 4.79 Å². The van der Waals surface area contributed by atoms with Crippen LogP contribution in [-0.4, -0.2) is 12.1 Å². The van der Waals surface area contributed by atoms with E-state index in [1.165, 1.54) is 10.8 Å². The summed E-state index contributed by atoms with van der Waals surface area (Å²) in [7, 11) is 0. The Balaban J connectivity index is 2.15. The summed E-state index contributed by atoms with van der Waals surface area (Å²) in [5.74, 6) is 0. The van der Waals surface area contributed by atoms with Gasteiger partial charge in [0.2, 0.25) is 0 Å². The number of amides is 2. The van der Waals surface area contributed by atoms with Crippen LogP contribution in [0.2, 0.25) is 0 Å². The van der Waals surface area contributed by atoms with E-state index in [1.807, 2.05) is 32.0 Å². The molecular formula is C17H22N2O. The number of urea groups is 1. The average molecular weight is 270 g/mol. The van der Waals surface area contributed by atoms with E-state index < -0.39 is 0 Å². The molecule has 20 heavy (non-hydrogen) atoms. The van der Waals surface area contributed by atoms with Gasteiger partial charge in [-0.25, -0.2) is 4.79 Å². The van der Waals surface area contributed by atoms with Crippen molar-refractivity contribution in [1.29, 1.82) is 0 Å². The lowest BCUT2D eigenvalue weighted by Crippen LogP contribution is -2.41. The van der Waals surface area contributed by atoms with Gasteiger partial charge in [0, 0.05) is 6.04 Å². The second-order valence-electron chi connectivity index (χ2n) is 5.22. The molecule has 0 aliphatic carbocycles. The highest BCUT2D eigenvalue weighted by atomic mass is 16.2. The van der Waals surface area contributed by atoms with E-state index in [4.69, 9.17) is 0 Å². The molecular weight excluding hydrogens is 248 g/mol. The molecule has 2 amide bonds. The average Bonchev–Trinajstić information content (AvgIpc) is 2.46. The molecule has 3 nitrogen and oxygen atoms in total. The number of carbonyl (C=O) groups excluding carboxylic acids is 1. The minimum atomic E-state index is -0.111. The van der Waals surface area contributed by atoms with Crippen molar-refractivity contribution in [3.8, 4) is 0 Å². The predicted molar refractivity (Wildman–Crippen MR) is 83.8 cm³/mol. The molecule has 0 bridgehead atoms. The first-order chi connectivity index (χ1) is 9.61. The molecule has 2 atom stereocenters. The molecule has 2 aromatic rings. The van der Waals surface area contributed by atoms with Crippen LogP contribution in [0.4, 0.5) is 4.79 Å². The Bertz CT molecular complexity index is 589. The third kappa shape index (κ3) is 3.29. The number of hydrogen-bond acceptors (Lipinski definition) is 1. The number of hydrogen-bond donors (Lipinski definition) is 2. The third-order valence-electron chi connectivity index (χ3n) is 3.63. The molecule has 0 heterocycles. The largest absolute Gasteiger partial charge is 0.336 e. The standard InChI is InChI=1S/C17H22N2O/c1-4-12(2)18-17(20)19-13(3)15-11-7-9-14-8-5-6-10-16(14)15/h5-13H,4H2,1-3H3,(H2,18,19,20)/t12-,13+/m1/s1. The lowest BCUT2D eigenvalue weighted by molar-refractivity contribution is 0.234. The van der Waals surface area contributed by atoms with Crippen LogP contribution in [0, 0.1) is 0 Å². The normalized spacial score (nSPS) is 13.8. The Hall–Kier alpha value is -2.03. The van der Waals surface area contributed by atoms with Gasteiger partial charge in [0.25, 0.3) is 0 Å². The van der Waals surface area contributed by atoms with Crippen molar-refractivity contribution in [3.63, 3.8) is 0 Å². The second-order valence-corrected chi connectivity index (χ2v) is 5.22. The molecule has 3 heteroatoms. The van der Waals surface area contributed by atoms with Crippen molar-refractivity contribution in [2.24, 2.45) is 0 Å². The van der Waals surface area contributed by atoms with Gasteiger partial charge >= 0.3 is 6.03 Å². The molecule has 0 saturated carbocycles. The van der Waals surface area contributed by atoms with Gasteiger partial charge in [-0.05, 0) is 36.6 Å². The molecule has 0 unspecified atom stereocenters. The number of nitrogens with one attached hydrogen (secondary N) is 2. The maximum atomic E-state index is 11.9. The molecule has 2 aromatic carbocycles. The van der Waals surface area contributed by atoms with Gasteiger partial charge in [0.1, 0.15) is 0 Å². The summed E-state index contributed by atoms with van der Waals surface area (Å²) >= 11 is 0. The fourth-order valence-corrected chi connectivity index (χ4v) is 2.27. The zero-order chi connectivity index (χ0) is 14.5. The van der Waals surface area contributed by atoms with E-state index in [2.05, 4.69) is 41.8 Å². The first kappa shape index (κ1) is 14.4. The summed E-state index contributed by atoms with van der Waals surface area (Å²) in [6.07, 6.45) is 0.927. The van der Waals surface area contributed by atoms with E-state index in [1.54, 1.807) is 0 Å². The van der Waals surface area contributed by atoms with Crippen LogP contribution in [0.15, 0.2) is 42.5 Å². The minimum absolute atomic E-state index is 0.0230. The second kappa shape index (κ2) is 6.42. The molecule has 106 valence electrons. The first-order valence-corrected chi connectivity index (χ1v) is 7.16. The lowest BCUT2D eigenvalue weighted by Gasteiger charge is -2.19. The quantitative estimate of drug-likeness (QED) is 0.866. The van der Waals surface area contributed by atoms with Crippen LogP contribution in [0.5, 0.6) is 0 Å². The highest BCUT2D eigenvalue weighted by Crippen LogP contribution is 2.23. The zero-order valence-corrected chi connectivity index (χ0v) is 12.3. The number of fused-ring (bicyclic) bond motifs is 1. The minimum Gasteiger partial charge on any atom is -0.336 e. The van der Waals surface area contributed by atoms with Crippen LogP contribution in [0.3, 0.4) is 0 Å². The molecule has 0 saturated heterocycles. The lowest BCUT2D eigenvalue weighted by atomic mass is 10.00. The van der Waals surface area contributed by atoms with Crippen LogP contribution in [-0.2, 0) is 0 Å². The highest BCUT2D eigenvalue weighted by molar-refractivity contribution is 5.86. The van der Waals surface area contributed by atoms with Gasteiger partial charge in [-0.15, -0.1) is 0 Å². The summed E-state index contributed by atoms with van der Waals surface area (Å²) in [6.45, 7) is 6.07. The van der Waals surface area contributed by atoms with E-state index >= 15 is 0 Å². The summed E-state index contributed by atoms with van der Waals surface area (Å²) in [6, 6.07) is 14.5. The Morgan fingerprint density at radius 3 is 2.50 bits per heavy atom. The molecule has 0 aliphatic rings.